The standard InChI is InChI=1S/C17H28N2O3S/c1-6-19(14(2)12-23(5,21)22)16(20)18-13-17(3,4)15-10-8-7-9-11-15/h7-11,14H,6,12-13H2,1-5H3,(H,18,20)/t14-/m0/s1. The van der Waals surface area contributed by atoms with Crippen molar-refractivity contribution >= 4 is 15.9 Å². The summed E-state index contributed by atoms with van der Waals surface area (Å²) in [5, 5.41) is 2.93. The fourth-order valence-electron chi connectivity index (χ4n) is 2.57. The minimum absolute atomic E-state index is 0.0314. The van der Waals surface area contributed by atoms with Crippen molar-refractivity contribution in [3.05, 3.63) is 35.9 Å². The van der Waals surface area contributed by atoms with Crippen molar-refractivity contribution in [2.24, 2.45) is 0 Å². The predicted molar refractivity (Wildman–Crippen MR) is 94.4 cm³/mol. The van der Waals surface area contributed by atoms with E-state index in [0.29, 0.717) is 13.1 Å². The Kier molecular flexibility index (Phi) is 6.62. The molecule has 0 fully saturated rings. The number of nitrogens with zero attached hydrogens (tertiary/aromatic N) is 1. The number of carbonyl (C=O) groups is 1. The van der Waals surface area contributed by atoms with E-state index in [9.17, 15) is 13.2 Å². The van der Waals surface area contributed by atoms with Gasteiger partial charge < -0.3 is 10.2 Å². The summed E-state index contributed by atoms with van der Waals surface area (Å²) < 4.78 is 22.9. The second kappa shape index (κ2) is 7.81. The molecule has 2 amide bonds. The maximum absolute atomic E-state index is 12.4. The quantitative estimate of drug-likeness (QED) is 0.829. The first-order chi connectivity index (χ1) is 10.6. The summed E-state index contributed by atoms with van der Waals surface area (Å²) in [6.07, 6.45) is 1.19. The third-order valence-corrected chi connectivity index (χ3v) is 5.00. The molecule has 1 atom stereocenters. The van der Waals surface area contributed by atoms with E-state index >= 15 is 0 Å². The molecule has 0 saturated heterocycles. The highest BCUT2D eigenvalue weighted by molar-refractivity contribution is 7.90. The number of rotatable bonds is 7. The highest BCUT2D eigenvalue weighted by atomic mass is 32.2. The van der Waals surface area contributed by atoms with Gasteiger partial charge in [0.2, 0.25) is 0 Å². The first-order valence-electron chi connectivity index (χ1n) is 7.84. The number of urea groups is 1. The number of sulfone groups is 1. The van der Waals surface area contributed by atoms with Crippen LogP contribution in [0.3, 0.4) is 0 Å². The fourth-order valence-corrected chi connectivity index (χ4v) is 3.63. The van der Waals surface area contributed by atoms with Crippen LogP contribution in [-0.2, 0) is 15.3 Å². The molecule has 0 radical (unpaired) electrons. The van der Waals surface area contributed by atoms with Gasteiger partial charge in [0.1, 0.15) is 9.84 Å². The van der Waals surface area contributed by atoms with Crippen molar-refractivity contribution in [2.45, 2.75) is 39.2 Å². The summed E-state index contributed by atoms with van der Waals surface area (Å²) in [6, 6.07) is 9.41. The molecule has 23 heavy (non-hydrogen) atoms. The van der Waals surface area contributed by atoms with E-state index in [-0.39, 0.29) is 23.2 Å². The molecule has 130 valence electrons. The van der Waals surface area contributed by atoms with E-state index < -0.39 is 9.84 Å². The van der Waals surface area contributed by atoms with Crippen molar-refractivity contribution in [3.8, 4) is 0 Å². The van der Waals surface area contributed by atoms with Gasteiger partial charge in [-0.15, -0.1) is 0 Å². The molecule has 0 spiro atoms. The molecule has 1 aromatic carbocycles. The number of carbonyl (C=O) groups excluding carboxylic acids is 1. The van der Waals surface area contributed by atoms with Crippen molar-refractivity contribution in [1.82, 2.24) is 10.2 Å². The van der Waals surface area contributed by atoms with Gasteiger partial charge in [-0.05, 0) is 19.4 Å². The molecule has 0 bridgehead atoms. The lowest BCUT2D eigenvalue weighted by molar-refractivity contribution is 0.185. The van der Waals surface area contributed by atoms with Crippen molar-refractivity contribution < 1.29 is 13.2 Å². The van der Waals surface area contributed by atoms with Gasteiger partial charge in [0, 0.05) is 30.8 Å². The Bertz CT molecular complexity index is 612. The zero-order valence-electron chi connectivity index (χ0n) is 14.7. The normalized spacial score (nSPS) is 13.4. The highest BCUT2D eigenvalue weighted by Gasteiger charge is 2.25. The zero-order chi connectivity index (χ0) is 17.7. The highest BCUT2D eigenvalue weighted by Crippen LogP contribution is 2.21. The third kappa shape index (κ3) is 6.22. The number of hydrogen-bond acceptors (Lipinski definition) is 3. The van der Waals surface area contributed by atoms with Gasteiger partial charge in [0.25, 0.3) is 0 Å². The number of hydrogen-bond donors (Lipinski definition) is 1. The Labute approximate surface area is 140 Å². The van der Waals surface area contributed by atoms with Crippen molar-refractivity contribution in [2.75, 3.05) is 25.1 Å². The molecule has 1 N–H and O–H groups in total. The van der Waals surface area contributed by atoms with E-state index in [1.807, 2.05) is 37.3 Å². The molecule has 0 aromatic heterocycles. The van der Waals surface area contributed by atoms with Gasteiger partial charge in [-0.2, -0.15) is 0 Å². The topological polar surface area (TPSA) is 66.5 Å². The predicted octanol–water partition coefficient (Wildman–Crippen LogP) is 2.43. The minimum Gasteiger partial charge on any atom is -0.337 e. The van der Waals surface area contributed by atoms with Gasteiger partial charge >= 0.3 is 6.03 Å². The number of nitrogens with one attached hydrogen (secondary N) is 1. The lowest BCUT2D eigenvalue weighted by Gasteiger charge is -2.31. The Morgan fingerprint density at radius 2 is 1.83 bits per heavy atom. The fraction of sp³-hybridized carbons (Fsp3) is 0.588. The van der Waals surface area contributed by atoms with E-state index in [1.165, 1.54) is 6.26 Å². The molecule has 6 heteroatoms. The smallest absolute Gasteiger partial charge is 0.317 e. The monoisotopic (exact) mass is 340 g/mol. The molecule has 0 unspecified atom stereocenters. The summed E-state index contributed by atoms with van der Waals surface area (Å²) in [4.78, 5) is 14.0. The van der Waals surface area contributed by atoms with Crippen LogP contribution in [0.15, 0.2) is 30.3 Å². The van der Waals surface area contributed by atoms with E-state index in [2.05, 4.69) is 19.2 Å². The largest absolute Gasteiger partial charge is 0.337 e. The molecule has 0 aliphatic rings. The average molecular weight is 340 g/mol. The second-order valence-corrected chi connectivity index (χ2v) is 8.82. The Hall–Kier alpha value is -1.56. The van der Waals surface area contributed by atoms with Gasteiger partial charge in [-0.25, -0.2) is 13.2 Å². The molecule has 5 nitrogen and oxygen atoms in total. The molecule has 0 saturated carbocycles. The van der Waals surface area contributed by atoms with Crippen LogP contribution in [0.25, 0.3) is 0 Å². The van der Waals surface area contributed by atoms with Crippen LogP contribution in [-0.4, -0.2) is 50.5 Å². The van der Waals surface area contributed by atoms with Crippen LogP contribution >= 0.6 is 0 Å². The van der Waals surface area contributed by atoms with E-state index in [4.69, 9.17) is 0 Å². The Morgan fingerprint density at radius 3 is 2.30 bits per heavy atom. The van der Waals surface area contributed by atoms with Crippen molar-refractivity contribution in [1.29, 1.82) is 0 Å². The lowest BCUT2D eigenvalue weighted by atomic mass is 9.85. The van der Waals surface area contributed by atoms with Crippen LogP contribution in [0.1, 0.15) is 33.3 Å². The van der Waals surface area contributed by atoms with Gasteiger partial charge in [-0.3, -0.25) is 0 Å². The molecule has 0 aliphatic heterocycles. The Morgan fingerprint density at radius 1 is 1.26 bits per heavy atom. The second-order valence-electron chi connectivity index (χ2n) is 6.64. The molecule has 1 aromatic rings. The van der Waals surface area contributed by atoms with Gasteiger partial charge in [0.05, 0.1) is 5.75 Å². The summed E-state index contributed by atoms with van der Waals surface area (Å²) in [5.41, 5.74) is 0.948. The van der Waals surface area contributed by atoms with Crippen LogP contribution in [0, 0.1) is 0 Å². The lowest BCUT2D eigenvalue weighted by Crippen LogP contribution is -2.49. The number of amides is 2. The van der Waals surface area contributed by atoms with Crippen LogP contribution in [0.4, 0.5) is 4.79 Å². The summed E-state index contributed by atoms with van der Waals surface area (Å²) in [6.45, 7) is 8.69. The van der Waals surface area contributed by atoms with Gasteiger partial charge in [-0.1, -0.05) is 44.2 Å². The molecule has 0 aliphatic carbocycles. The summed E-state index contributed by atoms with van der Waals surface area (Å²) >= 11 is 0. The van der Waals surface area contributed by atoms with Crippen LogP contribution < -0.4 is 5.32 Å². The third-order valence-electron chi connectivity index (χ3n) is 3.91. The molecular formula is C17H28N2O3S. The maximum Gasteiger partial charge on any atom is 0.317 e. The SMILES string of the molecule is CCN(C(=O)NCC(C)(C)c1ccccc1)[C@@H](C)CS(C)(=O)=O. The number of benzene rings is 1. The molecule has 0 heterocycles. The molecule has 1 rings (SSSR count). The van der Waals surface area contributed by atoms with Crippen LogP contribution in [0.2, 0.25) is 0 Å². The first kappa shape index (κ1) is 19.5. The average Bonchev–Trinajstić information content (AvgIpc) is 2.45. The van der Waals surface area contributed by atoms with Crippen molar-refractivity contribution in [3.63, 3.8) is 0 Å². The van der Waals surface area contributed by atoms with E-state index in [0.717, 1.165) is 5.56 Å². The van der Waals surface area contributed by atoms with Crippen LogP contribution in [0.5, 0.6) is 0 Å². The minimum atomic E-state index is -3.12. The maximum atomic E-state index is 12.4. The Balaban J connectivity index is 2.70. The zero-order valence-corrected chi connectivity index (χ0v) is 15.5. The summed E-state index contributed by atoms with van der Waals surface area (Å²) in [5.74, 6) is -0.0314. The first-order valence-corrected chi connectivity index (χ1v) is 9.90. The summed E-state index contributed by atoms with van der Waals surface area (Å²) in [7, 11) is -3.12. The van der Waals surface area contributed by atoms with E-state index in [1.54, 1.807) is 11.8 Å². The molecular weight excluding hydrogens is 312 g/mol. The van der Waals surface area contributed by atoms with Gasteiger partial charge in [0.15, 0.2) is 0 Å².